The highest BCUT2D eigenvalue weighted by Gasteiger charge is 2.25. The molecule has 0 spiro atoms. The molecule has 180 valence electrons. The van der Waals surface area contributed by atoms with E-state index in [9.17, 15) is 14.0 Å². The normalized spacial score (nSPS) is 18.2. The van der Waals surface area contributed by atoms with E-state index in [1.54, 1.807) is 4.52 Å². The first-order chi connectivity index (χ1) is 16.9. The maximum absolute atomic E-state index is 14.5. The predicted molar refractivity (Wildman–Crippen MR) is 129 cm³/mol. The standard InChI is InChI=1S/C25H25F2N7S/c1-14-21(26)9-22(27)25(32-14)35-23-8-16(13-33-24(23)17(10-28)11-30-33)20-12-31-34(15(20)2)19-6-4-18(29-3)5-7-19/h8-9,11-13,18-19,29H,4-7H2,1-3H3/t18-,19+. The number of pyridine rings is 2. The van der Waals surface area contributed by atoms with Gasteiger partial charge in [0, 0.05) is 40.0 Å². The zero-order valence-corrected chi connectivity index (χ0v) is 20.5. The molecule has 0 amide bonds. The number of hydrogen-bond acceptors (Lipinski definition) is 6. The fourth-order valence-corrected chi connectivity index (χ4v) is 5.82. The minimum Gasteiger partial charge on any atom is -0.317 e. The van der Waals surface area contributed by atoms with Crippen molar-refractivity contribution >= 4 is 17.3 Å². The van der Waals surface area contributed by atoms with E-state index >= 15 is 0 Å². The summed E-state index contributed by atoms with van der Waals surface area (Å²) in [4.78, 5) is 4.70. The van der Waals surface area contributed by atoms with Crippen molar-refractivity contribution in [1.82, 2.24) is 29.7 Å². The fourth-order valence-electron chi connectivity index (χ4n) is 4.79. The zero-order valence-electron chi connectivity index (χ0n) is 19.7. The van der Waals surface area contributed by atoms with Crippen molar-refractivity contribution in [3.05, 3.63) is 59.3 Å². The highest BCUT2D eigenvalue weighted by atomic mass is 32.2. The number of halogens is 2. The summed E-state index contributed by atoms with van der Waals surface area (Å²) in [6.07, 6.45) is 9.54. The Labute approximate surface area is 206 Å². The maximum Gasteiger partial charge on any atom is 0.158 e. The van der Waals surface area contributed by atoms with Crippen LogP contribution in [-0.4, -0.2) is 37.5 Å². The SMILES string of the molecule is CN[C@H]1CC[C@@H](n2ncc(-c3cc(Sc4nc(C)c(F)cc4F)c4c(C#N)cnn4c3)c2C)CC1. The molecule has 7 nitrogen and oxygen atoms in total. The third-order valence-corrected chi connectivity index (χ3v) is 7.79. The van der Waals surface area contributed by atoms with Gasteiger partial charge in [0.05, 0.1) is 35.2 Å². The molecule has 0 unspecified atom stereocenters. The molecule has 4 heterocycles. The van der Waals surface area contributed by atoms with Gasteiger partial charge in [0.25, 0.3) is 0 Å². The summed E-state index contributed by atoms with van der Waals surface area (Å²) in [5, 5.41) is 22.1. The fraction of sp³-hybridized carbons (Fsp3) is 0.360. The molecule has 0 aromatic carbocycles. The average molecular weight is 494 g/mol. The Kier molecular flexibility index (Phi) is 6.30. The van der Waals surface area contributed by atoms with Gasteiger partial charge in [-0.1, -0.05) is 11.8 Å². The minimum absolute atomic E-state index is 0.0433. The Bertz CT molecular complexity index is 1440. The summed E-state index contributed by atoms with van der Waals surface area (Å²) in [6, 6.07) is 5.79. The number of hydrogen-bond donors (Lipinski definition) is 1. The van der Waals surface area contributed by atoms with Gasteiger partial charge >= 0.3 is 0 Å². The molecule has 1 aliphatic rings. The van der Waals surface area contributed by atoms with Crippen molar-refractivity contribution in [2.24, 2.45) is 0 Å². The summed E-state index contributed by atoms with van der Waals surface area (Å²) in [5.74, 6) is -1.44. The summed E-state index contributed by atoms with van der Waals surface area (Å²) < 4.78 is 32.0. The van der Waals surface area contributed by atoms with Crippen LogP contribution in [-0.2, 0) is 0 Å². The first kappa shape index (κ1) is 23.5. The molecule has 1 fully saturated rings. The Morgan fingerprint density at radius 1 is 1.09 bits per heavy atom. The molecule has 5 rings (SSSR count). The lowest BCUT2D eigenvalue weighted by atomic mass is 9.91. The Morgan fingerprint density at radius 2 is 1.86 bits per heavy atom. The van der Waals surface area contributed by atoms with Gasteiger partial charge in [-0.2, -0.15) is 15.5 Å². The van der Waals surface area contributed by atoms with Crippen LogP contribution in [0.1, 0.15) is 48.7 Å². The second-order valence-corrected chi connectivity index (χ2v) is 9.91. The van der Waals surface area contributed by atoms with E-state index < -0.39 is 11.6 Å². The van der Waals surface area contributed by atoms with Crippen molar-refractivity contribution < 1.29 is 8.78 Å². The molecule has 0 saturated heterocycles. The van der Waals surface area contributed by atoms with E-state index in [2.05, 4.69) is 33.1 Å². The molecule has 0 radical (unpaired) electrons. The van der Waals surface area contributed by atoms with Crippen LogP contribution >= 0.6 is 11.8 Å². The van der Waals surface area contributed by atoms with E-state index in [0.717, 1.165) is 60.3 Å². The van der Waals surface area contributed by atoms with Gasteiger partial charge in [-0.25, -0.2) is 18.3 Å². The van der Waals surface area contributed by atoms with Crippen LogP contribution in [0.2, 0.25) is 0 Å². The van der Waals surface area contributed by atoms with E-state index in [1.807, 2.05) is 25.5 Å². The van der Waals surface area contributed by atoms with Crippen LogP contribution in [0.5, 0.6) is 0 Å². The average Bonchev–Trinajstić information content (AvgIpc) is 3.45. The van der Waals surface area contributed by atoms with E-state index in [-0.39, 0.29) is 10.7 Å². The van der Waals surface area contributed by atoms with Gasteiger partial charge in [0.1, 0.15) is 16.9 Å². The summed E-state index contributed by atoms with van der Waals surface area (Å²) in [7, 11) is 2.01. The molecule has 1 saturated carbocycles. The predicted octanol–water partition coefficient (Wildman–Crippen LogP) is 5.21. The van der Waals surface area contributed by atoms with Gasteiger partial charge in [0.15, 0.2) is 5.82 Å². The van der Waals surface area contributed by atoms with Gasteiger partial charge in [-0.05, 0) is 52.6 Å². The molecule has 10 heteroatoms. The lowest BCUT2D eigenvalue weighted by molar-refractivity contribution is 0.281. The molecule has 0 atom stereocenters. The second kappa shape index (κ2) is 9.40. The minimum atomic E-state index is -0.749. The molecule has 4 aromatic rings. The van der Waals surface area contributed by atoms with E-state index in [1.165, 1.54) is 13.1 Å². The Balaban J connectivity index is 1.56. The Hall–Kier alpha value is -3.29. The van der Waals surface area contributed by atoms with E-state index in [4.69, 9.17) is 5.10 Å². The summed E-state index contributed by atoms with van der Waals surface area (Å²) >= 11 is 1.05. The number of fused-ring (bicyclic) bond motifs is 1. The molecule has 1 aliphatic carbocycles. The molecular formula is C25H25F2N7S. The first-order valence-electron chi connectivity index (χ1n) is 11.5. The lowest BCUT2D eigenvalue weighted by Gasteiger charge is -2.29. The molecular weight excluding hydrogens is 468 g/mol. The number of nitrogens with one attached hydrogen (secondary N) is 1. The molecule has 0 bridgehead atoms. The van der Waals surface area contributed by atoms with Crippen LogP contribution in [0.15, 0.2) is 40.6 Å². The first-order valence-corrected chi connectivity index (χ1v) is 12.3. The molecule has 35 heavy (non-hydrogen) atoms. The molecule has 4 aromatic heterocycles. The smallest absolute Gasteiger partial charge is 0.158 e. The van der Waals surface area contributed by atoms with Gasteiger partial charge in [0.2, 0.25) is 0 Å². The number of nitrogens with zero attached hydrogens (tertiary/aromatic N) is 6. The lowest BCUT2D eigenvalue weighted by Crippen LogP contribution is -2.31. The van der Waals surface area contributed by atoms with Crippen LogP contribution in [0, 0.1) is 36.8 Å². The Morgan fingerprint density at radius 3 is 2.57 bits per heavy atom. The third-order valence-electron chi connectivity index (χ3n) is 6.78. The molecule has 0 aliphatic heterocycles. The maximum atomic E-state index is 14.5. The summed E-state index contributed by atoms with van der Waals surface area (Å²) in [6.45, 7) is 3.55. The highest BCUT2D eigenvalue weighted by molar-refractivity contribution is 7.99. The van der Waals surface area contributed by atoms with Crippen molar-refractivity contribution in [3.8, 4) is 17.2 Å². The number of nitriles is 1. The number of aryl methyl sites for hydroxylation is 1. The van der Waals surface area contributed by atoms with Crippen molar-refractivity contribution in [1.29, 1.82) is 5.26 Å². The topological polar surface area (TPSA) is 83.8 Å². The molecule has 1 N–H and O–H groups in total. The number of rotatable bonds is 5. The van der Waals surface area contributed by atoms with Gasteiger partial charge in [-0.15, -0.1) is 0 Å². The van der Waals surface area contributed by atoms with Gasteiger partial charge in [-0.3, -0.25) is 4.68 Å². The van der Waals surface area contributed by atoms with Crippen LogP contribution < -0.4 is 5.32 Å². The number of aromatic nitrogens is 5. The van der Waals surface area contributed by atoms with Crippen molar-refractivity contribution in [3.63, 3.8) is 0 Å². The largest absolute Gasteiger partial charge is 0.317 e. The van der Waals surface area contributed by atoms with Gasteiger partial charge < -0.3 is 5.32 Å². The van der Waals surface area contributed by atoms with Crippen LogP contribution in [0.4, 0.5) is 8.78 Å². The monoisotopic (exact) mass is 493 g/mol. The third kappa shape index (κ3) is 4.30. The quantitative estimate of drug-likeness (QED) is 0.411. The van der Waals surface area contributed by atoms with Crippen LogP contribution in [0.25, 0.3) is 16.6 Å². The summed E-state index contributed by atoms with van der Waals surface area (Å²) in [5.41, 5.74) is 3.87. The zero-order chi connectivity index (χ0) is 24.7. The second-order valence-electron chi connectivity index (χ2n) is 8.88. The highest BCUT2D eigenvalue weighted by Crippen LogP contribution is 2.38. The van der Waals surface area contributed by atoms with E-state index in [0.29, 0.717) is 28.1 Å². The van der Waals surface area contributed by atoms with Crippen LogP contribution in [0.3, 0.4) is 0 Å². The van der Waals surface area contributed by atoms with Crippen molar-refractivity contribution in [2.45, 2.75) is 61.5 Å². The van der Waals surface area contributed by atoms with Crippen molar-refractivity contribution in [2.75, 3.05) is 7.05 Å².